The topological polar surface area (TPSA) is 132 Å². The highest BCUT2D eigenvalue weighted by molar-refractivity contribution is 7.93. The minimum atomic E-state index is -3.91. The van der Waals surface area contributed by atoms with Gasteiger partial charge >= 0.3 is 0 Å². The van der Waals surface area contributed by atoms with Crippen molar-refractivity contribution < 1.29 is 18.1 Å². The van der Waals surface area contributed by atoms with Crippen LogP contribution in [0.15, 0.2) is 57.8 Å². The van der Waals surface area contributed by atoms with E-state index in [9.17, 15) is 23.3 Å². The quantitative estimate of drug-likeness (QED) is 0.351. The van der Waals surface area contributed by atoms with Gasteiger partial charge in [-0.1, -0.05) is 11.3 Å². The summed E-state index contributed by atoms with van der Waals surface area (Å²) in [6, 6.07) is 9.67. The Kier molecular flexibility index (Phi) is 5.05. The van der Waals surface area contributed by atoms with Gasteiger partial charge in [0.15, 0.2) is 5.13 Å². The molecule has 0 saturated heterocycles. The van der Waals surface area contributed by atoms with Crippen molar-refractivity contribution in [3.63, 3.8) is 0 Å². The van der Waals surface area contributed by atoms with Gasteiger partial charge in [0.2, 0.25) is 9.84 Å². The lowest BCUT2D eigenvalue weighted by atomic mass is 10.2. The number of anilines is 1. The molecule has 4 aromatic rings. The van der Waals surface area contributed by atoms with E-state index >= 15 is 0 Å². The van der Waals surface area contributed by atoms with Crippen molar-refractivity contribution in [2.75, 3.05) is 5.32 Å². The second-order valence-corrected chi connectivity index (χ2v) is 10.6. The van der Waals surface area contributed by atoms with Crippen molar-refractivity contribution in [1.29, 1.82) is 0 Å². The molecule has 0 aliphatic heterocycles. The number of fused-ring (bicyclic) bond motifs is 1. The number of aryl methyl sites for hydroxylation is 1. The van der Waals surface area contributed by atoms with Crippen LogP contribution in [0.3, 0.4) is 0 Å². The number of hydrogen-bond donors (Lipinski definition) is 1. The highest BCUT2D eigenvalue weighted by atomic mass is 32.2. The van der Waals surface area contributed by atoms with E-state index in [1.165, 1.54) is 11.3 Å². The van der Waals surface area contributed by atoms with Gasteiger partial charge in [0.1, 0.15) is 4.21 Å². The number of carbonyl (C=O) groups is 1. The van der Waals surface area contributed by atoms with E-state index in [4.69, 9.17) is 0 Å². The molecular weight excluding hydrogens is 448 g/mol. The number of hydrogen-bond acceptors (Lipinski definition) is 9. The smallest absolute Gasteiger partial charge is 0.269 e. The molecule has 9 nitrogen and oxygen atoms in total. The minimum Gasteiger partial charge on any atom is -0.298 e. The van der Waals surface area contributed by atoms with Crippen molar-refractivity contribution in [2.24, 2.45) is 0 Å². The molecule has 152 valence electrons. The van der Waals surface area contributed by atoms with E-state index < -0.39 is 20.7 Å². The lowest BCUT2D eigenvalue weighted by Crippen LogP contribution is -2.11. The average molecular weight is 461 g/mol. The van der Waals surface area contributed by atoms with Gasteiger partial charge in [0.05, 0.1) is 31.2 Å². The van der Waals surface area contributed by atoms with Crippen LogP contribution >= 0.6 is 22.7 Å². The van der Waals surface area contributed by atoms with Crippen molar-refractivity contribution in [3.05, 3.63) is 69.3 Å². The SMILES string of the molecule is Cc1nc2ccc(C(=O)Nc3ncc(S(=O)(=O)c4ccc([N+](=O)[O-])cc4)s3)cc2s1. The molecule has 0 aliphatic rings. The number of nitrogens with one attached hydrogen (secondary N) is 1. The Morgan fingerprint density at radius 1 is 1.13 bits per heavy atom. The number of rotatable bonds is 5. The number of thiazole rings is 2. The molecule has 2 heterocycles. The fourth-order valence-electron chi connectivity index (χ4n) is 2.65. The lowest BCUT2D eigenvalue weighted by molar-refractivity contribution is -0.384. The fourth-order valence-corrected chi connectivity index (χ4v) is 5.95. The number of amides is 1. The Morgan fingerprint density at radius 2 is 1.87 bits per heavy atom. The van der Waals surface area contributed by atoms with Crippen molar-refractivity contribution in [2.45, 2.75) is 16.0 Å². The molecule has 2 aromatic carbocycles. The largest absolute Gasteiger partial charge is 0.298 e. The van der Waals surface area contributed by atoms with Crippen LogP contribution in [-0.4, -0.2) is 29.2 Å². The van der Waals surface area contributed by atoms with Gasteiger partial charge in [-0.2, -0.15) is 0 Å². The summed E-state index contributed by atoms with van der Waals surface area (Å²) in [5, 5.41) is 14.3. The molecule has 1 N–H and O–H groups in total. The first-order chi connectivity index (χ1) is 14.2. The Labute approximate surface area is 178 Å². The highest BCUT2D eigenvalue weighted by Crippen LogP contribution is 2.30. The van der Waals surface area contributed by atoms with Crippen LogP contribution in [0.2, 0.25) is 0 Å². The van der Waals surface area contributed by atoms with Crippen LogP contribution < -0.4 is 5.32 Å². The molecule has 1 amide bonds. The summed E-state index contributed by atoms with van der Waals surface area (Å²) >= 11 is 2.27. The van der Waals surface area contributed by atoms with Crippen molar-refractivity contribution in [3.8, 4) is 0 Å². The van der Waals surface area contributed by atoms with Gasteiger partial charge in [-0.15, -0.1) is 11.3 Å². The predicted octanol–water partition coefficient (Wildman–Crippen LogP) is 4.05. The zero-order valence-electron chi connectivity index (χ0n) is 15.2. The summed E-state index contributed by atoms with van der Waals surface area (Å²) in [5.41, 5.74) is 1.00. The fraction of sp³-hybridized carbons (Fsp3) is 0.0556. The first-order valence-corrected chi connectivity index (χ1v) is 11.5. The van der Waals surface area contributed by atoms with Crippen LogP contribution in [0.4, 0.5) is 10.8 Å². The maximum Gasteiger partial charge on any atom is 0.269 e. The van der Waals surface area contributed by atoms with Crippen LogP contribution in [-0.2, 0) is 9.84 Å². The van der Waals surface area contributed by atoms with Crippen LogP contribution in [0.1, 0.15) is 15.4 Å². The van der Waals surface area contributed by atoms with Gasteiger partial charge in [0, 0.05) is 17.7 Å². The van der Waals surface area contributed by atoms with Crippen molar-refractivity contribution in [1.82, 2.24) is 9.97 Å². The van der Waals surface area contributed by atoms with Gasteiger partial charge in [0.25, 0.3) is 11.6 Å². The first kappa shape index (κ1) is 20.1. The number of aromatic nitrogens is 2. The predicted molar refractivity (Wildman–Crippen MR) is 113 cm³/mol. The van der Waals surface area contributed by atoms with E-state index in [2.05, 4.69) is 15.3 Å². The number of nitrogens with zero attached hydrogens (tertiary/aromatic N) is 3. The zero-order chi connectivity index (χ0) is 21.5. The monoisotopic (exact) mass is 460 g/mol. The molecular formula is C18H12N4O5S3. The van der Waals surface area contributed by atoms with E-state index in [0.29, 0.717) is 5.56 Å². The molecule has 0 fully saturated rings. The number of carbonyl (C=O) groups excluding carboxylic acids is 1. The molecule has 0 unspecified atom stereocenters. The Bertz CT molecular complexity index is 1390. The number of non-ortho nitro benzene ring substituents is 1. The van der Waals surface area contributed by atoms with E-state index in [1.807, 2.05) is 6.92 Å². The number of benzene rings is 2. The van der Waals surface area contributed by atoms with E-state index in [-0.39, 0.29) is 19.9 Å². The van der Waals surface area contributed by atoms with E-state index in [1.54, 1.807) is 18.2 Å². The molecule has 12 heteroatoms. The summed E-state index contributed by atoms with van der Waals surface area (Å²) in [6.45, 7) is 1.88. The summed E-state index contributed by atoms with van der Waals surface area (Å²) in [4.78, 5) is 30.9. The molecule has 4 rings (SSSR count). The standard InChI is InChI=1S/C18H12N4O5S3/c1-10-20-14-7-2-11(8-15(14)28-10)17(23)21-18-19-9-16(29-18)30(26,27)13-5-3-12(4-6-13)22(24)25/h2-9H,1H3,(H,19,21,23). The van der Waals surface area contributed by atoms with Gasteiger partial charge in [-0.25, -0.2) is 18.4 Å². The molecule has 0 radical (unpaired) electrons. The molecule has 0 bridgehead atoms. The summed E-state index contributed by atoms with van der Waals surface area (Å²) in [6.07, 6.45) is 1.15. The number of nitro benzene ring substituents is 1. The third-order valence-electron chi connectivity index (χ3n) is 4.09. The van der Waals surface area contributed by atoms with Gasteiger partial charge in [-0.3, -0.25) is 20.2 Å². The summed E-state index contributed by atoms with van der Waals surface area (Å²) in [5.74, 6) is -0.420. The Balaban J connectivity index is 1.55. The zero-order valence-corrected chi connectivity index (χ0v) is 17.7. The molecule has 0 saturated carbocycles. The second kappa shape index (κ2) is 7.55. The Morgan fingerprint density at radius 3 is 2.57 bits per heavy atom. The minimum absolute atomic E-state index is 0.0832. The van der Waals surface area contributed by atoms with Crippen LogP contribution in [0.5, 0.6) is 0 Å². The first-order valence-electron chi connectivity index (χ1n) is 8.38. The molecule has 0 spiro atoms. The number of nitro groups is 1. The summed E-state index contributed by atoms with van der Waals surface area (Å²) < 4.78 is 26.2. The normalized spacial score (nSPS) is 11.5. The van der Waals surface area contributed by atoms with Gasteiger partial charge < -0.3 is 0 Å². The highest BCUT2D eigenvalue weighted by Gasteiger charge is 2.22. The summed E-state index contributed by atoms with van der Waals surface area (Å²) in [7, 11) is -3.91. The molecule has 30 heavy (non-hydrogen) atoms. The molecule has 2 aromatic heterocycles. The van der Waals surface area contributed by atoms with Crippen LogP contribution in [0.25, 0.3) is 10.2 Å². The molecule has 0 aliphatic carbocycles. The average Bonchev–Trinajstić information content (AvgIpc) is 3.33. The maximum atomic E-state index is 12.7. The third-order valence-corrected chi connectivity index (χ3v) is 8.16. The lowest BCUT2D eigenvalue weighted by Gasteiger charge is -2.02. The van der Waals surface area contributed by atoms with E-state index in [0.717, 1.165) is 57.0 Å². The Hall–Kier alpha value is -3.22. The molecule has 0 atom stereocenters. The third kappa shape index (κ3) is 3.79. The maximum absolute atomic E-state index is 12.7. The van der Waals surface area contributed by atoms with Crippen molar-refractivity contribution >= 4 is 59.5 Å². The number of sulfone groups is 1. The van der Waals surface area contributed by atoms with Crippen LogP contribution in [0, 0.1) is 17.0 Å². The van der Waals surface area contributed by atoms with Gasteiger partial charge in [-0.05, 0) is 37.3 Å². The second-order valence-electron chi connectivity index (χ2n) is 6.11.